The normalized spacial score (nSPS) is 11.7. The molecule has 2 heteroatoms. The first-order valence-electron chi connectivity index (χ1n) is 5.18. The predicted octanol–water partition coefficient (Wildman–Crippen LogP) is 3.04. The molecule has 0 atom stereocenters. The average Bonchev–Trinajstić information content (AvgIpc) is 2.19. The number of benzene rings is 1. The van der Waals surface area contributed by atoms with Crippen molar-refractivity contribution in [2.75, 3.05) is 0 Å². The Labute approximate surface area is 85.9 Å². The van der Waals surface area contributed by atoms with E-state index in [-0.39, 0.29) is 0 Å². The number of para-hydroxylation sites is 1. The Hall–Kier alpha value is -1.31. The van der Waals surface area contributed by atoms with Crippen LogP contribution in [0.5, 0.6) is 0 Å². The molecule has 2 N–H and O–H groups in total. The molecule has 1 rings (SSSR count). The smallest absolute Gasteiger partial charge is 0.0996 e. The van der Waals surface area contributed by atoms with Crippen LogP contribution in [0.2, 0.25) is 0 Å². The van der Waals surface area contributed by atoms with Crippen molar-refractivity contribution in [2.45, 2.75) is 33.1 Å². The molecule has 76 valence electrons. The summed E-state index contributed by atoms with van der Waals surface area (Å²) < 4.78 is 0. The molecule has 0 aliphatic rings. The molecule has 0 heterocycles. The van der Waals surface area contributed by atoms with Gasteiger partial charge in [0, 0.05) is 6.42 Å². The van der Waals surface area contributed by atoms with Gasteiger partial charge in [0.15, 0.2) is 0 Å². The fourth-order valence-electron chi connectivity index (χ4n) is 1.39. The van der Waals surface area contributed by atoms with E-state index in [9.17, 15) is 0 Å². The summed E-state index contributed by atoms with van der Waals surface area (Å²) in [7, 11) is 0. The third kappa shape index (κ3) is 2.87. The van der Waals surface area contributed by atoms with Crippen LogP contribution in [0.4, 0.5) is 5.69 Å². The second-order valence-corrected chi connectivity index (χ2v) is 3.34. The number of aryl methyl sites for hydroxylation is 1. The maximum absolute atomic E-state index is 5.79. The molecule has 0 aliphatic heterocycles. The zero-order valence-electron chi connectivity index (χ0n) is 8.96. The first-order chi connectivity index (χ1) is 6.77. The largest absolute Gasteiger partial charge is 0.387 e. The summed E-state index contributed by atoms with van der Waals surface area (Å²) >= 11 is 0. The highest BCUT2D eigenvalue weighted by Crippen LogP contribution is 2.19. The molecular weight excluding hydrogens is 172 g/mol. The lowest BCUT2D eigenvalue weighted by Crippen LogP contribution is -2.10. The van der Waals surface area contributed by atoms with Gasteiger partial charge in [0.2, 0.25) is 0 Å². The summed E-state index contributed by atoms with van der Waals surface area (Å²) in [6.07, 6.45) is 2.92. The molecule has 0 spiro atoms. The zero-order valence-corrected chi connectivity index (χ0v) is 8.96. The standard InChI is InChI=1S/C12H18N2/c1-3-7-12(13)14-11-9-6-5-8-10(11)4-2/h5-6,8-9H,3-4,7H2,1-2H3,(H2,13,14). The number of nitrogens with two attached hydrogens (primary N) is 1. The van der Waals surface area contributed by atoms with Gasteiger partial charge in [-0.3, -0.25) is 0 Å². The number of hydrogen-bond acceptors (Lipinski definition) is 1. The zero-order chi connectivity index (χ0) is 10.4. The topological polar surface area (TPSA) is 38.4 Å². The van der Waals surface area contributed by atoms with E-state index >= 15 is 0 Å². The van der Waals surface area contributed by atoms with Gasteiger partial charge in [-0.15, -0.1) is 0 Å². The average molecular weight is 190 g/mol. The third-order valence-electron chi connectivity index (χ3n) is 2.14. The Morgan fingerprint density at radius 3 is 2.64 bits per heavy atom. The quantitative estimate of drug-likeness (QED) is 0.575. The number of rotatable bonds is 4. The molecule has 0 unspecified atom stereocenters. The molecule has 1 aromatic rings. The van der Waals surface area contributed by atoms with Gasteiger partial charge in [0.05, 0.1) is 11.5 Å². The maximum Gasteiger partial charge on any atom is 0.0996 e. The molecule has 14 heavy (non-hydrogen) atoms. The van der Waals surface area contributed by atoms with E-state index in [0.29, 0.717) is 0 Å². The highest BCUT2D eigenvalue weighted by Gasteiger charge is 1.98. The lowest BCUT2D eigenvalue weighted by molar-refractivity contribution is 0.982. The third-order valence-corrected chi connectivity index (χ3v) is 2.14. The van der Waals surface area contributed by atoms with Gasteiger partial charge in [0.25, 0.3) is 0 Å². The SMILES string of the molecule is CCCC(N)=Nc1ccccc1CC. The number of aliphatic imine (C=N–C) groups is 1. The van der Waals surface area contributed by atoms with Crippen molar-refractivity contribution >= 4 is 11.5 Å². The Morgan fingerprint density at radius 2 is 2.00 bits per heavy atom. The Morgan fingerprint density at radius 1 is 1.29 bits per heavy atom. The molecule has 0 saturated heterocycles. The highest BCUT2D eigenvalue weighted by atomic mass is 14.9. The maximum atomic E-state index is 5.79. The van der Waals surface area contributed by atoms with E-state index in [0.717, 1.165) is 30.8 Å². The van der Waals surface area contributed by atoms with Crippen molar-refractivity contribution in [1.82, 2.24) is 0 Å². The van der Waals surface area contributed by atoms with Crippen molar-refractivity contribution in [1.29, 1.82) is 0 Å². The fraction of sp³-hybridized carbons (Fsp3) is 0.417. The van der Waals surface area contributed by atoms with Crippen molar-refractivity contribution in [3.8, 4) is 0 Å². The highest BCUT2D eigenvalue weighted by molar-refractivity contribution is 5.83. The minimum absolute atomic E-state index is 0.730. The van der Waals surface area contributed by atoms with Gasteiger partial charge in [-0.05, 0) is 24.5 Å². The van der Waals surface area contributed by atoms with E-state index in [1.807, 2.05) is 18.2 Å². The predicted molar refractivity (Wildman–Crippen MR) is 62.0 cm³/mol. The fourth-order valence-corrected chi connectivity index (χ4v) is 1.39. The number of hydrogen-bond donors (Lipinski definition) is 1. The van der Waals surface area contributed by atoms with Crippen LogP contribution in [0.15, 0.2) is 29.3 Å². The van der Waals surface area contributed by atoms with E-state index in [1.165, 1.54) is 5.56 Å². The van der Waals surface area contributed by atoms with E-state index in [1.54, 1.807) is 0 Å². The van der Waals surface area contributed by atoms with Crippen LogP contribution in [0, 0.1) is 0 Å². The van der Waals surface area contributed by atoms with Crippen LogP contribution < -0.4 is 5.73 Å². The van der Waals surface area contributed by atoms with Crippen LogP contribution in [0.3, 0.4) is 0 Å². The molecule has 0 amide bonds. The van der Waals surface area contributed by atoms with Crippen molar-refractivity contribution < 1.29 is 0 Å². The van der Waals surface area contributed by atoms with Crippen LogP contribution in [0.25, 0.3) is 0 Å². The summed E-state index contributed by atoms with van der Waals surface area (Å²) in [5.74, 6) is 0.730. The van der Waals surface area contributed by atoms with E-state index in [4.69, 9.17) is 5.73 Å². The van der Waals surface area contributed by atoms with Crippen LogP contribution >= 0.6 is 0 Å². The van der Waals surface area contributed by atoms with Crippen molar-refractivity contribution in [3.05, 3.63) is 29.8 Å². The second-order valence-electron chi connectivity index (χ2n) is 3.34. The molecule has 2 nitrogen and oxygen atoms in total. The lowest BCUT2D eigenvalue weighted by atomic mass is 10.1. The van der Waals surface area contributed by atoms with E-state index in [2.05, 4.69) is 24.9 Å². The van der Waals surface area contributed by atoms with Gasteiger partial charge in [-0.2, -0.15) is 0 Å². The van der Waals surface area contributed by atoms with Gasteiger partial charge in [0.1, 0.15) is 0 Å². The summed E-state index contributed by atoms with van der Waals surface area (Å²) in [6, 6.07) is 8.14. The molecule has 0 saturated carbocycles. The molecule has 0 fully saturated rings. The van der Waals surface area contributed by atoms with Gasteiger partial charge < -0.3 is 5.73 Å². The minimum atomic E-state index is 0.730. The summed E-state index contributed by atoms with van der Waals surface area (Å²) in [5, 5.41) is 0. The first-order valence-corrected chi connectivity index (χ1v) is 5.18. The monoisotopic (exact) mass is 190 g/mol. The van der Waals surface area contributed by atoms with Crippen molar-refractivity contribution in [3.63, 3.8) is 0 Å². The molecule has 0 bridgehead atoms. The molecule has 1 aromatic carbocycles. The summed E-state index contributed by atoms with van der Waals surface area (Å²) in [5.41, 5.74) is 8.06. The minimum Gasteiger partial charge on any atom is -0.387 e. The van der Waals surface area contributed by atoms with Gasteiger partial charge in [-0.1, -0.05) is 32.0 Å². The van der Waals surface area contributed by atoms with Gasteiger partial charge >= 0.3 is 0 Å². The second kappa shape index (κ2) is 5.43. The Balaban J connectivity index is 2.89. The number of amidine groups is 1. The lowest BCUT2D eigenvalue weighted by Gasteiger charge is -2.03. The summed E-state index contributed by atoms with van der Waals surface area (Å²) in [4.78, 5) is 4.41. The first kappa shape index (κ1) is 10.8. The van der Waals surface area contributed by atoms with Crippen LogP contribution in [-0.4, -0.2) is 5.84 Å². The Kier molecular flexibility index (Phi) is 4.17. The van der Waals surface area contributed by atoms with E-state index < -0.39 is 0 Å². The molecule has 0 aliphatic carbocycles. The van der Waals surface area contributed by atoms with Crippen LogP contribution in [-0.2, 0) is 6.42 Å². The summed E-state index contributed by atoms with van der Waals surface area (Å²) in [6.45, 7) is 4.23. The molecule has 0 aromatic heterocycles. The molecular formula is C12H18N2. The number of nitrogens with zero attached hydrogens (tertiary/aromatic N) is 1. The van der Waals surface area contributed by atoms with Crippen LogP contribution in [0.1, 0.15) is 32.3 Å². The van der Waals surface area contributed by atoms with Crippen molar-refractivity contribution in [2.24, 2.45) is 10.7 Å². The molecule has 0 radical (unpaired) electrons. The Bertz CT molecular complexity index is 316. The van der Waals surface area contributed by atoms with Gasteiger partial charge in [-0.25, -0.2) is 4.99 Å².